The van der Waals surface area contributed by atoms with Crippen LogP contribution in [0.25, 0.3) is 5.69 Å². The smallest absolute Gasteiger partial charge is 0.425 e. The van der Waals surface area contributed by atoms with E-state index in [1.165, 1.54) is 28.8 Å². The molecule has 0 spiro atoms. The number of nitrogens with zero attached hydrogens (tertiary/aromatic N) is 3. The topological polar surface area (TPSA) is 81.5 Å². The first kappa shape index (κ1) is 25.6. The van der Waals surface area contributed by atoms with Crippen LogP contribution < -0.4 is 4.74 Å². The Balaban J connectivity index is 1.63. The van der Waals surface area contributed by atoms with Gasteiger partial charge in [-0.05, 0) is 44.2 Å². The van der Waals surface area contributed by atoms with Crippen molar-refractivity contribution in [2.24, 2.45) is 0 Å². The lowest BCUT2D eigenvalue weighted by molar-refractivity contribution is -0.189. The number of hydrogen-bond acceptors (Lipinski definition) is 5. The molecule has 0 saturated carbocycles. The molecule has 1 aromatic heterocycles. The molecule has 0 radical (unpaired) electrons. The molecule has 0 bridgehead atoms. The quantitative estimate of drug-likeness (QED) is 0.459. The average molecular weight is 529 g/mol. The van der Waals surface area contributed by atoms with Gasteiger partial charge in [-0.25, -0.2) is 21.9 Å². The third-order valence-electron chi connectivity index (χ3n) is 5.79. The molecule has 13 heteroatoms. The van der Waals surface area contributed by atoms with Gasteiger partial charge in [0.25, 0.3) is 5.91 Å². The highest BCUT2D eigenvalue weighted by atomic mass is 32.2. The predicted molar refractivity (Wildman–Crippen MR) is 117 cm³/mol. The number of hydrogen-bond donors (Lipinski definition) is 0. The molecule has 7 nitrogen and oxygen atoms in total. The molecule has 0 fully saturated rings. The molecule has 0 N–H and O–H groups in total. The van der Waals surface area contributed by atoms with Crippen molar-refractivity contribution in [3.63, 3.8) is 0 Å². The Morgan fingerprint density at radius 1 is 1.14 bits per heavy atom. The zero-order chi connectivity index (χ0) is 26.6. The first-order valence-corrected chi connectivity index (χ1v) is 12.4. The summed E-state index contributed by atoms with van der Waals surface area (Å²) in [6.07, 6.45) is -4.59. The van der Waals surface area contributed by atoms with Crippen molar-refractivity contribution in [1.29, 1.82) is 0 Å². The van der Waals surface area contributed by atoms with Crippen molar-refractivity contribution in [3.05, 3.63) is 70.5 Å². The fourth-order valence-electron chi connectivity index (χ4n) is 3.68. The number of sulfone groups is 1. The molecule has 36 heavy (non-hydrogen) atoms. The van der Waals surface area contributed by atoms with E-state index in [0.29, 0.717) is 11.3 Å². The predicted octanol–water partition coefficient (Wildman–Crippen LogP) is 4.35. The molecular weight excluding hydrogens is 509 g/mol. The number of halogens is 5. The highest BCUT2D eigenvalue weighted by Crippen LogP contribution is 2.32. The van der Waals surface area contributed by atoms with E-state index in [2.05, 4.69) is 5.10 Å². The van der Waals surface area contributed by atoms with Crippen LogP contribution in [-0.2, 0) is 22.9 Å². The number of carbonyl (C=O) groups excluding carboxylic acids is 1. The maximum atomic E-state index is 14.5. The molecule has 3 aromatic rings. The Morgan fingerprint density at radius 3 is 2.44 bits per heavy atom. The number of rotatable bonds is 5. The van der Waals surface area contributed by atoms with Crippen molar-refractivity contribution < 1.29 is 39.9 Å². The molecule has 4 rings (SSSR count). The number of benzene rings is 2. The lowest BCUT2D eigenvalue weighted by atomic mass is 10.1. The molecule has 0 aliphatic carbocycles. The van der Waals surface area contributed by atoms with E-state index < -0.39 is 45.4 Å². The Kier molecular flexibility index (Phi) is 6.31. The molecule has 1 atom stereocenters. The Hall–Kier alpha value is -3.48. The van der Waals surface area contributed by atoms with Gasteiger partial charge in [-0.15, -0.1) is 0 Å². The first-order valence-electron chi connectivity index (χ1n) is 10.6. The summed E-state index contributed by atoms with van der Waals surface area (Å²) in [6.45, 7) is 1.97. The van der Waals surface area contributed by atoms with Crippen molar-refractivity contribution in [2.45, 2.75) is 44.1 Å². The second-order valence-electron chi connectivity index (χ2n) is 8.44. The monoisotopic (exact) mass is 529 g/mol. The zero-order valence-electron chi connectivity index (χ0n) is 19.2. The maximum absolute atomic E-state index is 14.5. The number of fused-ring (bicyclic) bond motifs is 1. The lowest BCUT2D eigenvalue weighted by Crippen LogP contribution is -2.33. The minimum absolute atomic E-state index is 0.0128. The lowest BCUT2D eigenvalue weighted by Gasteiger charge is -2.22. The van der Waals surface area contributed by atoms with Crippen LogP contribution in [0, 0.1) is 18.6 Å². The van der Waals surface area contributed by atoms with Crippen LogP contribution in [-0.4, -0.2) is 47.5 Å². The normalized spacial score (nSPS) is 14.6. The summed E-state index contributed by atoms with van der Waals surface area (Å²) < 4.78 is 97.4. The van der Waals surface area contributed by atoms with E-state index in [1.54, 1.807) is 0 Å². The minimum atomic E-state index is -4.71. The van der Waals surface area contributed by atoms with Crippen molar-refractivity contribution in [1.82, 2.24) is 14.7 Å². The van der Waals surface area contributed by atoms with Gasteiger partial charge in [0.05, 0.1) is 22.7 Å². The Bertz CT molecular complexity index is 1440. The van der Waals surface area contributed by atoms with Crippen molar-refractivity contribution in [3.8, 4) is 11.4 Å². The Morgan fingerprint density at radius 2 is 1.83 bits per heavy atom. The van der Waals surface area contributed by atoms with Crippen LogP contribution in [0.15, 0.2) is 41.4 Å². The van der Waals surface area contributed by atoms with Gasteiger partial charge in [-0.3, -0.25) is 4.79 Å². The zero-order valence-corrected chi connectivity index (χ0v) is 20.0. The fourth-order valence-corrected chi connectivity index (χ4v) is 4.33. The van der Waals surface area contributed by atoms with Gasteiger partial charge >= 0.3 is 6.18 Å². The second-order valence-corrected chi connectivity index (χ2v) is 10.5. The van der Waals surface area contributed by atoms with Gasteiger partial charge < -0.3 is 9.64 Å². The van der Waals surface area contributed by atoms with Crippen LogP contribution >= 0.6 is 0 Å². The van der Waals surface area contributed by atoms with E-state index in [1.807, 2.05) is 0 Å². The summed E-state index contributed by atoms with van der Waals surface area (Å²) in [6, 6.07) is 5.39. The Labute approximate surface area is 203 Å². The molecule has 2 heterocycles. The van der Waals surface area contributed by atoms with Crippen LogP contribution in [0.4, 0.5) is 22.0 Å². The van der Waals surface area contributed by atoms with Crippen LogP contribution in [0.5, 0.6) is 5.75 Å². The van der Waals surface area contributed by atoms with E-state index >= 15 is 0 Å². The summed E-state index contributed by atoms with van der Waals surface area (Å²) >= 11 is 0. The molecule has 192 valence electrons. The molecule has 1 aliphatic heterocycles. The number of carbonyl (C=O) groups is 1. The molecule has 1 aliphatic rings. The summed E-state index contributed by atoms with van der Waals surface area (Å²) in [4.78, 5) is 14.3. The highest BCUT2D eigenvalue weighted by molar-refractivity contribution is 7.90. The van der Waals surface area contributed by atoms with Crippen molar-refractivity contribution in [2.75, 3.05) is 6.26 Å². The van der Waals surface area contributed by atoms with Gasteiger partial charge in [0.15, 0.2) is 21.8 Å². The fraction of sp³-hybridized carbons (Fsp3) is 0.304. The van der Waals surface area contributed by atoms with Crippen LogP contribution in [0.2, 0.25) is 0 Å². The molecular formula is C23H20F5N3O4S. The number of amides is 1. The standard InChI is InChI=1S/C23H20F5N3O4S/c1-12-17(24)5-6-19(21(12)25)31-10-14-9-30(11-18(14)29-31)22(32)16-8-15(36(3,33)34)4-7-20(16)35-13(2)23(26,27)28/h4-8,10,13H,9,11H2,1-3H3/t13-/m0/s1. The SMILES string of the molecule is Cc1c(F)ccc(-n2cc3c(n2)CN(C(=O)c2cc(S(C)(=O)=O)ccc2O[C@@H](C)C(F)(F)F)C3)c1F. The van der Waals surface area contributed by atoms with Gasteiger partial charge in [0.1, 0.15) is 17.3 Å². The first-order chi connectivity index (χ1) is 16.7. The minimum Gasteiger partial charge on any atom is -0.480 e. The van der Waals surface area contributed by atoms with Gasteiger partial charge in [0.2, 0.25) is 0 Å². The molecule has 0 saturated heterocycles. The van der Waals surface area contributed by atoms with Gasteiger partial charge in [0, 0.05) is 30.1 Å². The van der Waals surface area contributed by atoms with Gasteiger partial charge in [-0.2, -0.15) is 18.3 Å². The van der Waals surface area contributed by atoms with E-state index in [4.69, 9.17) is 4.74 Å². The van der Waals surface area contributed by atoms with Crippen LogP contribution in [0.1, 0.15) is 34.1 Å². The molecule has 1 amide bonds. The van der Waals surface area contributed by atoms with E-state index in [0.717, 1.165) is 37.4 Å². The summed E-state index contributed by atoms with van der Waals surface area (Å²) in [5.74, 6) is -2.68. The highest BCUT2D eigenvalue weighted by Gasteiger charge is 2.39. The second kappa shape index (κ2) is 8.87. The number of aromatic nitrogens is 2. The molecule has 0 unspecified atom stereocenters. The van der Waals surface area contributed by atoms with Crippen molar-refractivity contribution >= 4 is 15.7 Å². The maximum Gasteiger partial charge on any atom is 0.425 e. The van der Waals surface area contributed by atoms with Gasteiger partial charge in [-0.1, -0.05) is 0 Å². The van der Waals surface area contributed by atoms with Crippen LogP contribution in [0.3, 0.4) is 0 Å². The summed E-state index contributed by atoms with van der Waals surface area (Å²) in [5.41, 5.74) is 0.419. The van der Waals surface area contributed by atoms with E-state index in [-0.39, 0.29) is 34.8 Å². The number of alkyl halides is 3. The summed E-state index contributed by atoms with van der Waals surface area (Å²) in [7, 11) is -3.77. The third kappa shape index (κ3) is 4.79. The third-order valence-corrected chi connectivity index (χ3v) is 6.90. The van der Waals surface area contributed by atoms with E-state index in [9.17, 15) is 35.2 Å². The average Bonchev–Trinajstić information content (AvgIpc) is 3.35. The largest absolute Gasteiger partial charge is 0.480 e. The number of ether oxygens (including phenoxy) is 1. The molecule has 2 aromatic carbocycles. The summed E-state index contributed by atoms with van der Waals surface area (Å²) in [5, 5.41) is 4.26.